The molecule has 1 heterocycles. The lowest BCUT2D eigenvalue weighted by molar-refractivity contribution is 0.0193. The second kappa shape index (κ2) is 4.93. The zero-order valence-electron chi connectivity index (χ0n) is 10.8. The molecule has 0 aromatic carbocycles. The van der Waals surface area contributed by atoms with Gasteiger partial charge in [-0.15, -0.1) is 5.10 Å². The predicted octanol–water partition coefficient (Wildman–Crippen LogP) is 1.97. The summed E-state index contributed by atoms with van der Waals surface area (Å²) >= 11 is 1.49. The van der Waals surface area contributed by atoms with Crippen LogP contribution >= 0.6 is 11.8 Å². The summed E-state index contributed by atoms with van der Waals surface area (Å²) in [5, 5.41) is 17.8. The second-order valence-electron chi connectivity index (χ2n) is 5.28. The van der Waals surface area contributed by atoms with Crippen LogP contribution in [0.5, 0.6) is 0 Å². The first-order valence-corrected chi connectivity index (χ1v) is 6.99. The Bertz CT molecular complexity index is 443. The molecule has 100 valence electrons. The summed E-state index contributed by atoms with van der Waals surface area (Å²) in [6, 6.07) is 0. The second-order valence-corrected chi connectivity index (χ2v) is 6.45. The van der Waals surface area contributed by atoms with Crippen LogP contribution in [0.15, 0.2) is 17.3 Å². The van der Waals surface area contributed by atoms with Gasteiger partial charge in [-0.3, -0.25) is 0 Å². The number of rotatable bonds is 3. The minimum Gasteiger partial charge on any atom is -0.389 e. The maximum atomic E-state index is 10.5. The van der Waals surface area contributed by atoms with Crippen LogP contribution in [0.2, 0.25) is 0 Å². The van der Waals surface area contributed by atoms with E-state index < -0.39 is 5.60 Å². The van der Waals surface area contributed by atoms with E-state index in [-0.39, 0.29) is 5.25 Å². The Kier molecular flexibility index (Phi) is 3.68. The first-order chi connectivity index (χ1) is 8.38. The molecule has 1 fully saturated rings. The molecule has 1 aliphatic carbocycles. The number of nitrogen functional groups attached to an aromatic ring is 1. The third kappa shape index (κ3) is 2.87. The van der Waals surface area contributed by atoms with Crippen molar-refractivity contribution in [3.05, 3.63) is 12.2 Å². The zero-order chi connectivity index (χ0) is 13.3. The zero-order valence-corrected chi connectivity index (χ0v) is 11.6. The number of hydrogen-bond acceptors (Lipinski definition) is 5. The van der Waals surface area contributed by atoms with Crippen molar-refractivity contribution in [2.24, 2.45) is 5.92 Å². The van der Waals surface area contributed by atoms with Gasteiger partial charge >= 0.3 is 0 Å². The minimum atomic E-state index is -0.688. The standard InChI is InChI=1S/C12H20N4OS/c1-7(2)8-4-5-12(3,17)9(6-8)18-11-14-10(13)15-16-11/h8-9,17H,1,4-6H2,2-3H3,(H3,13,14,15,16)/t8-,9+,12+/m1/s1. The number of allylic oxidation sites excluding steroid dienone is 1. The Morgan fingerprint density at radius 3 is 2.94 bits per heavy atom. The molecule has 1 aromatic rings. The van der Waals surface area contributed by atoms with Gasteiger partial charge in [0, 0.05) is 5.25 Å². The number of nitrogens with one attached hydrogen (secondary N) is 1. The van der Waals surface area contributed by atoms with Gasteiger partial charge in [-0.05, 0) is 39.0 Å². The van der Waals surface area contributed by atoms with Crippen molar-refractivity contribution in [1.82, 2.24) is 15.2 Å². The van der Waals surface area contributed by atoms with E-state index in [9.17, 15) is 5.11 Å². The van der Waals surface area contributed by atoms with E-state index in [1.54, 1.807) is 0 Å². The highest BCUT2D eigenvalue weighted by atomic mass is 32.2. The van der Waals surface area contributed by atoms with Gasteiger partial charge in [-0.1, -0.05) is 23.9 Å². The van der Waals surface area contributed by atoms with Crippen molar-refractivity contribution < 1.29 is 5.11 Å². The maximum Gasteiger partial charge on any atom is 0.216 e. The van der Waals surface area contributed by atoms with Crippen molar-refractivity contribution in [3.63, 3.8) is 0 Å². The van der Waals surface area contributed by atoms with Gasteiger partial charge in [0.15, 0.2) is 0 Å². The summed E-state index contributed by atoms with van der Waals surface area (Å²) in [7, 11) is 0. The monoisotopic (exact) mass is 268 g/mol. The van der Waals surface area contributed by atoms with Gasteiger partial charge in [0.05, 0.1) is 5.60 Å². The third-order valence-electron chi connectivity index (χ3n) is 3.62. The SMILES string of the molecule is C=C(C)[C@@H]1CC[C@](C)(O)[C@@H](Sc2n[nH]c(N)n2)C1. The number of hydrogen-bond donors (Lipinski definition) is 3. The molecule has 0 amide bonds. The molecule has 1 aromatic heterocycles. The molecule has 2 rings (SSSR count). The lowest BCUT2D eigenvalue weighted by atomic mass is 9.77. The molecule has 0 spiro atoms. The quantitative estimate of drug-likeness (QED) is 0.729. The highest BCUT2D eigenvalue weighted by Crippen LogP contribution is 2.43. The van der Waals surface area contributed by atoms with Crippen molar-refractivity contribution in [3.8, 4) is 0 Å². The fraction of sp³-hybridized carbons (Fsp3) is 0.667. The summed E-state index contributed by atoms with van der Waals surface area (Å²) in [6.45, 7) is 7.96. The van der Waals surface area contributed by atoms with Crippen LogP contribution in [-0.4, -0.2) is 31.1 Å². The number of aromatic amines is 1. The number of aliphatic hydroxyl groups is 1. The van der Waals surface area contributed by atoms with E-state index in [4.69, 9.17) is 5.73 Å². The normalized spacial score (nSPS) is 32.4. The Hall–Kier alpha value is -1.01. The third-order valence-corrected chi connectivity index (χ3v) is 5.00. The molecule has 1 saturated carbocycles. The van der Waals surface area contributed by atoms with Crippen LogP contribution in [0.3, 0.4) is 0 Å². The molecule has 18 heavy (non-hydrogen) atoms. The number of thioether (sulfide) groups is 1. The topological polar surface area (TPSA) is 87.8 Å². The molecular formula is C12H20N4OS. The fourth-order valence-corrected chi connectivity index (χ4v) is 3.52. The van der Waals surface area contributed by atoms with E-state index in [1.807, 2.05) is 6.92 Å². The summed E-state index contributed by atoms with van der Waals surface area (Å²) in [5.41, 5.74) is 6.00. The summed E-state index contributed by atoms with van der Waals surface area (Å²) < 4.78 is 0. The van der Waals surface area contributed by atoms with Crippen LogP contribution in [0, 0.1) is 5.92 Å². The number of nitrogens with two attached hydrogens (primary N) is 1. The lowest BCUT2D eigenvalue weighted by Gasteiger charge is -2.40. The molecule has 0 bridgehead atoms. The maximum absolute atomic E-state index is 10.5. The molecular weight excluding hydrogens is 248 g/mol. The summed E-state index contributed by atoms with van der Waals surface area (Å²) in [5.74, 6) is 0.781. The van der Waals surface area contributed by atoms with Crippen molar-refractivity contribution in [1.29, 1.82) is 0 Å². The van der Waals surface area contributed by atoms with Gasteiger partial charge in [0.2, 0.25) is 11.1 Å². The summed E-state index contributed by atoms with van der Waals surface area (Å²) in [6.07, 6.45) is 2.68. The number of nitrogens with zero attached hydrogens (tertiary/aromatic N) is 2. The number of anilines is 1. The van der Waals surface area contributed by atoms with Crippen LogP contribution in [0.4, 0.5) is 5.95 Å². The molecule has 1 aliphatic rings. The molecule has 4 N–H and O–H groups in total. The van der Waals surface area contributed by atoms with Crippen LogP contribution < -0.4 is 5.73 Å². The Labute approximate surface area is 111 Å². The molecule has 0 saturated heterocycles. The first-order valence-electron chi connectivity index (χ1n) is 6.11. The van der Waals surface area contributed by atoms with Gasteiger partial charge < -0.3 is 10.8 Å². The van der Waals surface area contributed by atoms with Gasteiger partial charge in [-0.2, -0.15) is 4.98 Å². The highest BCUT2D eigenvalue weighted by molar-refractivity contribution is 7.99. The summed E-state index contributed by atoms with van der Waals surface area (Å²) in [4.78, 5) is 4.08. The van der Waals surface area contributed by atoms with Crippen molar-refractivity contribution in [2.45, 2.75) is 49.1 Å². The van der Waals surface area contributed by atoms with Crippen molar-refractivity contribution in [2.75, 3.05) is 5.73 Å². The molecule has 0 aliphatic heterocycles. The number of H-pyrrole nitrogens is 1. The van der Waals surface area contributed by atoms with Crippen molar-refractivity contribution >= 4 is 17.7 Å². The van der Waals surface area contributed by atoms with Gasteiger partial charge in [-0.25, -0.2) is 5.10 Å². The predicted molar refractivity (Wildman–Crippen MR) is 73.2 cm³/mol. The minimum absolute atomic E-state index is 0.0724. The molecule has 3 atom stereocenters. The average Bonchev–Trinajstić information content (AvgIpc) is 2.67. The van der Waals surface area contributed by atoms with E-state index in [1.165, 1.54) is 17.3 Å². The Balaban J connectivity index is 2.09. The average molecular weight is 268 g/mol. The van der Waals surface area contributed by atoms with Crippen LogP contribution in [0.25, 0.3) is 0 Å². The van der Waals surface area contributed by atoms with Crippen LogP contribution in [-0.2, 0) is 0 Å². The van der Waals surface area contributed by atoms with Gasteiger partial charge in [0.25, 0.3) is 0 Å². The van der Waals surface area contributed by atoms with Crippen LogP contribution in [0.1, 0.15) is 33.1 Å². The van der Waals surface area contributed by atoms with E-state index in [0.29, 0.717) is 17.0 Å². The smallest absolute Gasteiger partial charge is 0.216 e. The molecule has 6 heteroatoms. The molecule has 0 radical (unpaired) electrons. The van der Waals surface area contributed by atoms with Gasteiger partial charge in [0.1, 0.15) is 0 Å². The Morgan fingerprint density at radius 2 is 2.39 bits per heavy atom. The highest BCUT2D eigenvalue weighted by Gasteiger charge is 2.39. The fourth-order valence-electron chi connectivity index (χ4n) is 2.32. The molecule has 5 nitrogen and oxygen atoms in total. The number of aromatic nitrogens is 3. The largest absolute Gasteiger partial charge is 0.389 e. The first kappa shape index (κ1) is 13.4. The van der Waals surface area contributed by atoms with E-state index in [0.717, 1.165) is 19.3 Å². The lowest BCUT2D eigenvalue weighted by Crippen LogP contribution is -2.42. The van der Waals surface area contributed by atoms with E-state index in [2.05, 4.69) is 28.7 Å². The molecule has 0 unspecified atom stereocenters. The Morgan fingerprint density at radius 1 is 1.67 bits per heavy atom. The van der Waals surface area contributed by atoms with E-state index >= 15 is 0 Å².